The van der Waals surface area contributed by atoms with Crippen LogP contribution >= 0.6 is 0 Å². The molecule has 0 aromatic rings. The van der Waals surface area contributed by atoms with E-state index in [0.717, 1.165) is 0 Å². The number of hydrogen-bond donors (Lipinski definition) is 1. The van der Waals surface area contributed by atoms with Crippen LogP contribution in [-0.2, 0) is 14.3 Å². The van der Waals surface area contributed by atoms with Crippen LogP contribution in [0.3, 0.4) is 0 Å². The molecule has 4 heteroatoms. The molecule has 4 nitrogen and oxygen atoms in total. The fraction of sp³-hybridized carbons (Fsp3) is 0.800. The van der Waals surface area contributed by atoms with Gasteiger partial charge in [-0.05, 0) is 0 Å². The van der Waals surface area contributed by atoms with Gasteiger partial charge < -0.3 is 15.2 Å². The van der Waals surface area contributed by atoms with Gasteiger partial charge in [-0.2, -0.15) is 0 Å². The van der Waals surface area contributed by atoms with Gasteiger partial charge in [-0.25, -0.2) is 0 Å². The van der Waals surface area contributed by atoms with Crippen LogP contribution in [0.15, 0.2) is 0 Å². The van der Waals surface area contributed by atoms with Crippen molar-refractivity contribution in [2.75, 3.05) is 20.4 Å². The maximum absolute atomic E-state index is 10.3. The third-order valence-electron chi connectivity index (χ3n) is 0.796. The molecule has 0 aromatic carbocycles. The molecule has 0 bridgehead atoms. The summed E-state index contributed by atoms with van der Waals surface area (Å²) in [6.07, 6.45) is 0.272. The fourth-order valence-corrected chi connectivity index (χ4v) is 0.341. The smallest absolute Gasteiger partial charge is 0.307 e. The average molecular weight is 133 g/mol. The first-order chi connectivity index (χ1) is 4.31. The predicted molar refractivity (Wildman–Crippen MR) is 31.6 cm³/mol. The molecule has 0 unspecified atom stereocenters. The summed E-state index contributed by atoms with van der Waals surface area (Å²) in [6, 6.07) is 0. The minimum atomic E-state index is -0.275. The molecule has 2 N–H and O–H groups in total. The Hall–Kier alpha value is -0.610. The SMILES string of the molecule is COC(=O)CCOCN. The first kappa shape index (κ1) is 8.39. The zero-order valence-corrected chi connectivity index (χ0v) is 5.42. The Bertz CT molecular complexity index is 84.3. The van der Waals surface area contributed by atoms with Crippen LogP contribution in [0.2, 0.25) is 0 Å². The molecule has 0 radical (unpaired) electrons. The number of methoxy groups -OCH3 is 1. The zero-order valence-electron chi connectivity index (χ0n) is 5.42. The minimum Gasteiger partial charge on any atom is -0.469 e. The number of rotatable bonds is 4. The summed E-state index contributed by atoms with van der Waals surface area (Å²) in [7, 11) is 1.34. The van der Waals surface area contributed by atoms with Gasteiger partial charge in [0.05, 0.1) is 26.9 Å². The third-order valence-corrected chi connectivity index (χ3v) is 0.796. The molecule has 0 spiro atoms. The molecule has 0 fully saturated rings. The lowest BCUT2D eigenvalue weighted by atomic mass is 10.5. The van der Waals surface area contributed by atoms with Crippen LogP contribution in [0, 0.1) is 0 Å². The van der Waals surface area contributed by atoms with E-state index >= 15 is 0 Å². The lowest BCUT2D eigenvalue weighted by molar-refractivity contribution is -0.141. The molecule has 0 saturated heterocycles. The second-order valence-corrected chi connectivity index (χ2v) is 1.40. The minimum absolute atomic E-state index is 0.150. The summed E-state index contributed by atoms with van der Waals surface area (Å²) in [5.74, 6) is -0.275. The van der Waals surface area contributed by atoms with Crippen LogP contribution < -0.4 is 5.73 Å². The summed E-state index contributed by atoms with van der Waals surface area (Å²) < 4.78 is 9.02. The van der Waals surface area contributed by atoms with Crippen molar-refractivity contribution in [2.45, 2.75) is 6.42 Å². The second kappa shape index (κ2) is 5.53. The van der Waals surface area contributed by atoms with Gasteiger partial charge >= 0.3 is 5.97 Å². The maximum Gasteiger partial charge on any atom is 0.307 e. The van der Waals surface area contributed by atoms with Gasteiger partial charge in [0.2, 0.25) is 0 Å². The van der Waals surface area contributed by atoms with E-state index in [0.29, 0.717) is 6.61 Å². The fourth-order valence-electron chi connectivity index (χ4n) is 0.341. The second-order valence-electron chi connectivity index (χ2n) is 1.40. The van der Waals surface area contributed by atoms with Gasteiger partial charge in [0.25, 0.3) is 0 Å². The van der Waals surface area contributed by atoms with E-state index in [-0.39, 0.29) is 19.1 Å². The summed E-state index contributed by atoms with van der Waals surface area (Å²) in [5.41, 5.74) is 4.98. The number of hydrogen-bond acceptors (Lipinski definition) is 4. The number of carbonyl (C=O) groups excluding carboxylic acids is 1. The van der Waals surface area contributed by atoms with Gasteiger partial charge in [-0.3, -0.25) is 4.79 Å². The van der Waals surface area contributed by atoms with Crippen molar-refractivity contribution in [3.8, 4) is 0 Å². The lowest BCUT2D eigenvalue weighted by Crippen LogP contribution is -2.10. The van der Waals surface area contributed by atoms with E-state index < -0.39 is 0 Å². The Kier molecular flexibility index (Phi) is 5.15. The van der Waals surface area contributed by atoms with Gasteiger partial charge in [0.1, 0.15) is 0 Å². The van der Waals surface area contributed by atoms with Crippen molar-refractivity contribution >= 4 is 5.97 Å². The molecule has 0 atom stereocenters. The van der Waals surface area contributed by atoms with Crippen LogP contribution in [-0.4, -0.2) is 26.4 Å². The molecule has 0 aliphatic carbocycles. The largest absolute Gasteiger partial charge is 0.469 e. The highest BCUT2D eigenvalue weighted by atomic mass is 16.5. The summed E-state index contributed by atoms with van der Waals surface area (Å²) in [4.78, 5) is 10.3. The summed E-state index contributed by atoms with van der Waals surface area (Å²) >= 11 is 0. The van der Waals surface area contributed by atoms with Crippen LogP contribution in [0.5, 0.6) is 0 Å². The standard InChI is InChI=1S/C5H11NO3/c1-8-5(7)2-3-9-4-6/h2-4,6H2,1H3. The highest BCUT2D eigenvalue weighted by molar-refractivity contribution is 5.69. The highest BCUT2D eigenvalue weighted by Crippen LogP contribution is 1.83. The van der Waals surface area contributed by atoms with Crippen LogP contribution in [0.4, 0.5) is 0 Å². The van der Waals surface area contributed by atoms with Crippen LogP contribution in [0.1, 0.15) is 6.42 Å². The van der Waals surface area contributed by atoms with Crippen molar-refractivity contribution in [2.24, 2.45) is 5.73 Å². The highest BCUT2D eigenvalue weighted by Gasteiger charge is 1.96. The molecule has 0 aliphatic rings. The van der Waals surface area contributed by atoms with E-state index in [1.54, 1.807) is 0 Å². The molecular weight excluding hydrogens is 122 g/mol. The quantitative estimate of drug-likeness (QED) is 0.318. The number of ether oxygens (including phenoxy) is 2. The van der Waals surface area contributed by atoms with Gasteiger partial charge in [0.15, 0.2) is 0 Å². The van der Waals surface area contributed by atoms with Crippen LogP contribution in [0.25, 0.3) is 0 Å². The first-order valence-corrected chi connectivity index (χ1v) is 2.66. The molecule has 9 heavy (non-hydrogen) atoms. The van der Waals surface area contributed by atoms with E-state index in [4.69, 9.17) is 5.73 Å². The Morgan fingerprint density at radius 2 is 2.33 bits per heavy atom. The van der Waals surface area contributed by atoms with Gasteiger partial charge in [-0.1, -0.05) is 0 Å². The monoisotopic (exact) mass is 133 g/mol. The Balaban J connectivity index is 2.97. The number of carbonyl (C=O) groups is 1. The summed E-state index contributed by atoms with van der Waals surface area (Å²) in [6.45, 7) is 0.486. The van der Waals surface area contributed by atoms with E-state index in [9.17, 15) is 4.79 Å². The average Bonchev–Trinajstić information content (AvgIpc) is 1.89. The number of nitrogens with two attached hydrogens (primary N) is 1. The predicted octanol–water partition coefficient (Wildman–Crippen LogP) is -0.518. The molecular formula is C5H11NO3. The Morgan fingerprint density at radius 1 is 1.67 bits per heavy atom. The maximum atomic E-state index is 10.3. The zero-order chi connectivity index (χ0) is 7.11. The van der Waals surface area contributed by atoms with Crippen molar-refractivity contribution in [3.63, 3.8) is 0 Å². The van der Waals surface area contributed by atoms with Crippen molar-refractivity contribution in [1.82, 2.24) is 0 Å². The first-order valence-electron chi connectivity index (χ1n) is 2.66. The number of esters is 1. The molecule has 0 aliphatic heterocycles. The normalized spacial score (nSPS) is 9.11. The topological polar surface area (TPSA) is 61.5 Å². The third kappa shape index (κ3) is 5.26. The molecule has 0 saturated carbocycles. The van der Waals surface area contributed by atoms with Crippen molar-refractivity contribution in [3.05, 3.63) is 0 Å². The molecule has 0 aromatic heterocycles. The Labute approximate surface area is 53.9 Å². The van der Waals surface area contributed by atoms with E-state index in [1.807, 2.05) is 0 Å². The van der Waals surface area contributed by atoms with E-state index in [1.165, 1.54) is 7.11 Å². The van der Waals surface area contributed by atoms with E-state index in [2.05, 4.69) is 9.47 Å². The summed E-state index contributed by atoms with van der Waals surface area (Å²) in [5, 5.41) is 0. The van der Waals surface area contributed by atoms with Crippen molar-refractivity contribution in [1.29, 1.82) is 0 Å². The van der Waals surface area contributed by atoms with Gasteiger partial charge in [0, 0.05) is 0 Å². The lowest BCUT2D eigenvalue weighted by Gasteiger charge is -1.97. The van der Waals surface area contributed by atoms with Gasteiger partial charge in [-0.15, -0.1) is 0 Å². The molecule has 0 rings (SSSR count). The molecule has 54 valence electrons. The molecule has 0 amide bonds. The molecule has 0 heterocycles. The Morgan fingerprint density at radius 3 is 2.78 bits per heavy atom. The van der Waals surface area contributed by atoms with Crippen molar-refractivity contribution < 1.29 is 14.3 Å².